The summed E-state index contributed by atoms with van der Waals surface area (Å²) in [5.74, 6) is 0. The topological polar surface area (TPSA) is 61.4 Å². The number of hydrogen-bond acceptors (Lipinski definition) is 4. The van der Waals surface area contributed by atoms with Crippen LogP contribution in [0.4, 0.5) is 0 Å². The normalized spacial score (nSPS) is 17.0. The summed E-state index contributed by atoms with van der Waals surface area (Å²) in [5, 5.41) is 17.9. The van der Waals surface area contributed by atoms with Gasteiger partial charge in [0.1, 0.15) is 0 Å². The van der Waals surface area contributed by atoms with Gasteiger partial charge in [-0.3, -0.25) is 0 Å². The quantitative estimate of drug-likeness (QED) is 0.595. The summed E-state index contributed by atoms with van der Waals surface area (Å²) < 4.78 is 4.35. The molecule has 4 rings (SSSR count). The van der Waals surface area contributed by atoms with Crippen molar-refractivity contribution in [2.24, 2.45) is 5.41 Å². The van der Waals surface area contributed by atoms with E-state index >= 15 is 0 Å². The fraction of sp³-hybridized carbons (Fsp3) is 0.810. The maximum absolute atomic E-state index is 4.48. The summed E-state index contributed by atoms with van der Waals surface area (Å²) in [5.41, 5.74) is 5.51. The monoisotopic (exact) mass is 370 g/mol. The number of nitrogens with zero attached hydrogens (tertiary/aromatic N) is 6. The largest absolute Gasteiger partial charge is 0.248 e. The molecule has 0 amide bonds. The first-order valence-electron chi connectivity index (χ1n) is 11.1. The van der Waals surface area contributed by atoms with Gasteiger partial charge in [-0.25, -0.2) is 9.36 Å². The van der Waals surface area contributed by atoms with Crippen molar-refractivity contribution in [2.75, 3.05) is 0 Å². The molecular weight excluding hydrogens is 336 g/mol. The van der Waals surface area contributed by atoms with Crippen LogP contribution >= 0.6 is 0 Å². The SMILES string of the molecule is CCCCCCc1nnn2c1CC1(Cc3c(CCCCCC)nnn3C1)C2. The molecule has 0 atom stereocenters. The first kappa shape index (κ1) is 18.6. The highest BCUT2D eigenvalue weighted by atomic mass is 15.5. The zero-order chi connectivity index (χ0) is 18.7. The summed E-state index contributed by atoms with van der Waals surface area (Å²) in [4.78, 5) is 0. The second-order valence-electron chi connectivity index (χ2n) is 8.76. The first-order chi connectivity index (χ1) is 13.2. The van der Waals surface area contributed by atoms with Crippen molar-refractivity contribution in [3.63, 3.8) is 0 Å². The Hall–Kier alpha value is -1.72. The highest BCUT2D eigenvalue weighted by Crippen LogP contribution is 2.42. The number of fused-ring (bicyclic) bond motifs is 2. The molecule has 2 aromatic rings. The second-order valence-corrected chi connectivity index (χ2v) is 8.76. The third kappa shape index (κ3) is 3.81. The molecule has 1 spiro atoms. The molecule has 148 valence electrons. The van der Waals surface area contributed by atoms with E-state index in [2.05, 4.69) is 43.8 Å². The molecule has 2 aliphatic rings. The Morgan fingerprint density at radius 3 is 1.63 bits per heavy atom. The van der Waals surface area contributed by atoms with E-state index in [0.29, 0.717) is 0 Å². The van der Waals surface area contributed by atoms with Gasteiger partial charge in [0.2, 0.25) is 0 Å². The molecule has 0 fully saturated rings. The molecule has 4 heterocycles. The number of aryl methyl sites for hydroxylation is 2. The first-order valence-corrected chi connectivity index (χ1v) is 11.1. The van der Waals surface area contributed by atoms with Crippen LogP contribution in [0.25, 0.3) is 0 Å². The van der Waals surface area contributed by atoms with Crippen LogP contribution in [0.2, 0.25) is 0 Å². The molecule has 0 bridgehead atoms. The second kappa shape index (κ2) is 8.11. The summed E-state index contributed by atoms with van der Waals surface area (Å²) in [6, 6.07) is 0. The highest BCUT2D eigenvalue weighted by Gasteiger charge is 2.46. The molecule has 0 saturated heterocycles. The van der Waals surface area contributed by atoms with Gasteiger partial charge in [0.15, 0.2) is 0 Å². The molecule has 0 aliphatic carbocycles. The lowest BCUT2D eigenvalue weighted by Crippen LogP contribution is -2.25. The van der Waals surface area contributed by atoms with Gasteiger partial charge in [0.25, 0.3) is 0 Å². The van der Waals surface area contributed by atoms with E-state index in [1.165, 1.54) is 74.1 Å². The number of unbranched alkanes of at least 4 members (excludes halogenated alkanes) is 6. The summed E-state index contributed by atoms with van der Waals surface area (Å²) in [6.45, 7) is 6.50. The van der Waals surface area contributed by atoms with Crippen molar-refractivity contribution < 1.29 is 0 Å². The van der Waals surface area contributed by atoms with Crippen molar-refractivity contribution in [3.8, 4) is 0 Å². The van der Waals surface area contributed by atoms with E-state index in [-0.39, 0.29) is 5.41 Å². The van der Waals surface area contributed by atoms with Crippen LogP contribution in [0, 0.1) is 5.41 Å². The van der Waals surface area contributed by atoms with Crippen molar-refractivity contribution in [2.45, 2.75) is 104 Å². The van der Waals surface area contributed by atoms with Gasteiger partial charge in [-0.2, -0.15) is 0 Å². The van der Waals surface area contributed by atoms with Gasteiger partial charge < -0.3 is 0 Å². The average molecular weight is 371 g/mol. The van der Waals surface area contributed by atoms with Crippen LogP contribution < -0.4 is 0 Å². The maximum Gasteiger partial charge on any atom is 0.0859 e. The minimum Gasteiger partial charge on any atom is -0.248 e. The van der Waals surface area contributed by atoms with Gasteiger partial charge in [0.05, 0.1) is 35.9 Å². The van der Waals surface area contributed by atoms with Gasteiger partial charge in [-0.05, 0) is 25.7 Å². The molecule has 2 aromatic heterocycles. The molecule has 2 aliphatic heterocycles. The molecular formula is C21H34N6. The Balaban J connectivity index is 1.38. The van der Waals surface area contributed by atoms with Crippen LogP contribution in [-0.2, 0) is 38.8 Å². The van der Waals surface area contributed by atoms with Crippen molar-refractivity contribution in [3.05, 3.63) is 22.8 Å². The lowest BCUT2D eigenvalue weighted by molar-refractivity contribution is 0.254. The van der Waals surface area contributed by atoms with Crippen LogP contribution in [-0.4, -0.2) is 30.0 Å². The van der Waals surface area contributed by atoms with Crippen molar-refractivity contribution in [1.82, 2.24) is 30.0 Å². The van der Waals surface area contributed by atoms with Gasteiger partial charge in [-0.15, -0.1) is 10.2 Å². The minimum absolute atomic E-state index is 0.257. The van der Waals surface area contributed by atoms with Crippen molar-refractivity contribution in [1.29, 1.82) is 0 Å². The third-order valence-electron chi connectivity index (χ3n) is 6.43. The molecule has 0 radical (unpaired) electrons. The zero-order valence-electron chi connectivity index (χ0n) is 17.1. The fourth-order valence-electron chi connectivity index (χ4n) is 4.89. The van der Waals surface area contributed by atoms with Gasteiger partial charge in [-0.1, -0.05) is 62.8 Å². The van der Waals surface area contributed by atoms with Gasteiger partial charge >= 0.3 is 0 Å². The van der Waals surface area contributed by atoms with Gasteiger partial charge in [0, 0.05) is 18.3 Å². The Morgan fingerprint density at radius 1 is 0.704 bits per heavy atom. The molecule has 6 heteroatoms. The molecule has 0 aromatic carbocycles. The predicted molar refractivity (Wildman–Crippen MR) is 106 cm³/mol. The van der Waals surface area contributed by atoms with E-state index in [4.69, 9.17) is 0 Å². The average Bonchev–Trinajstić information content (AvgIpc) is 3.39. The maximum atomic E-state index is 4.48. The summed E-state index contributed by atoms with van der Waals surface area (Å²) in [7, 11) is 0. The predicted octanol–water partition coefficient (Wildman–Crippen LogP) is 3.91. The van der Waals surface area contributed by atoms with E-state index in [1.54, 1.807) is 0 Å². The van der Waals surface area contributed by atoms with Crippen molar-refractivity contribution >= 4 is 0 Å². The molecule has 27 heavy (non-hydrogen) atoms. The Bertz CT molecular complexity index is 695. The van der Waals surface area contributed by atoms with E-state index in [0.717, 1.165) is 38.8 Å². The molecule has 6 nitrogen and oxygen atoms in total. The smallest absolute Gasteiger partial charge is 0.0859 e. The number of rotatable bonds is 10. The Morgan fingerprint density at radius 2 is 1.19 bits per heavy atom. The summed E-state index contributed by atoms with van der Waals surface area (Å²) >= 11 is 0. The standard InChI is InChI=1S/C21H34N6/c1-3-5-7-9-11-17-19-13-21(15-26(19)24-22-17)14-20-18(12-10-8-6-4-2)23-25-27(20)16-21/h3-16H2,1-2H3. The fourth-order valence-corrected chi connectivity index (χ4v) is 4.89. The van der Waals surface area contributed by atoms with Crippen LogP contribution in [0.15, 0.2) is 0 Å². The minimum atomic E-state index is 0.257. The lowest BCUT2D eigenvalue weighted by atomic mass is 9.83. The van der Waals surface area contributed by atoms with E-state index in [1.807, 2.05) is 0 Å². The molecule has 0 N–H and O–H groups in total. The molecule has 0 unspecified atom stereocenters. The van der Waals surface area contributed by atoms with Crippen LogP contribution in [0.5, 0.6) is 0 Å². The zero-order valence-corrected chi connectivity index (χ0v) is 17.1. The number of aromatic nitrogens is 6. The molecule has 0 saturated carbocycles. The lowest BCUT2D eigenvalue weighted by Gasteiger charge is -2.20. The Kier molecular flexibility index (Phi) is 5.60. The van der Waals surface area contributed by atoms with E-state index in [9.17, 15) is 0 Å². The van der Waals surface area contributed by atoms with Crippen LogP contribution in [0.3, 0.4) is 0 Å². The highest BCUT2D eigenvalue weighted by molar-refractivity contribution is 5.24. The Labute approximate surface area is 162 Å². The van der Waals surface area contributed by atoms with Crippen LogP contribution in [0.1, 0.15) is 88.0 Å². The number of hydrogen-bond donors (Lipinski definition) is 0. The van der Waals surface area contributed by atoms with E-state index < -0.39 is 0 Å². The summed E-state index contributed by atoms with van der Waals surface area (Å²) in [6.07, 6.45) is 14.6. The third-order valence-corrected chi connectivity index (χ3v) is 6.43.